The number of nitrogens with two attached hydrogens (primary N) is 1. The lowest BCUT2D eigenvalue weighted by molar-refractivity contribution is -0.136. The maximum absolute atomic E-state index is 12.7. The Labute approximate surface area is 188 Å². The summed E-state index contributed by atoms with van der Waals surface area (Å²) in [5, 5.41) is 16.5. The summed E-state index contributed by atoms with van der Waals surface area (Å²) in [5.41, 5.74) is 9.32. The molecule has 7 heteroatoms. The van der Waals surface area contributed by atoms with E-state index in [1.807, 2.05) is 26.0 Å². The molecule has 0 bridgehead atoms. The van der Waals surface area contributed by atoms with Crippen molar-refractivity contribution in [1.82, 2.24) is 0 Å². The number of hydrogen-bond donors (Lipinski definition) is 3. The molecular weight excluding hydrogens is 406 g/mol. The highest BCUT2D eigenvalue weighted by atomic mass is 16.5. The minimum Gasteiger partial charge on any atom is -0.481 e. The van der Waals surface area contributed by atoms with Gasteiger partial charge in [0.05, 0.1) is 6.42 Å². The first-order valence-electron chi connectivity index (χ1n) is 10.3. The van der Waals surface area contributed by atoms with Crippen LogP contribution in [0.3, 0.4) is 0 Å². The summed E-state index contributed by atoms with van der Waals surface area (Å²) >= 11 is 0. The summed E-state index contributed by atoms with van der Waals surface area (Å²) in [4.78, 5) is 25.3. The zero-order valence-electron chi connectivity index (χ0n) is 18.9. The van der Waals surface area contributed by atoms with Crippen molar-refractivity contribution in [2.24, 2.45) is 11.7 Å². The molecule has 0 saturated carbocycles. The first-order chi connectivity index (χ1) is 15.1. The van der Waals surface area contributed by atoms with Crippen molar-refractivity contribution < 1.29 is 19.4 Å². The third-order valence-electron chi connectivity index (χ3n) is 4.84. The first kappa shape index (κ1) is 24.5. The van der Waals surface area contributed by atoms with E-state index in [1.165, 1.54) is 0 Å². The lowest BCUT2D eigenvalue weighted by atomic mass is 10.0. The van der Waals surface area contributed by atoms with Crippen LogP contribution in [-0.2, 0) is 9.59 Å². The van der Waals surface area contributed by atoms with Crippen LogP contribution >= 0.6 is 0 Å². The predicted octanol–water partition coefficient (Wildman–Crippen LogP) is 3.48. The second-order valence-corrected chi connectivity index (χ2v) is 7.77. The van der Waals surface area contributed by atoms with Crippen molar-refractivity contribution in [3.05, 3.63) is 58.7 Å². The van der Waals surface area contributed by atoms with Crippen LogP contribution in [0.15, 0.2) is 36.4 Å². The van der Waals surface area contributed by atoms with Gasteiger partial charge in [0.2, 0.25) is 5.91 Å². The zero-order chi connectivity index (χ0) is 23.8. The number of anilines is 1. The molecule has 0 aliphatic carbocycles. The standard InChI is InChI=1S/C25H29N3O4/c1-16(2)25(31)28(12-11-23(29)30)22-15-17(3)20(14-18(22)4)6-5-13-32-21-9-7-19(8-10-21)24(26)27/h7-10,14-16H,11-13H2,1-4H3,(H3,26,27)(H,29,30). The van der Waals surface area contributed by atoms with Crippen LogP contribution < -0.4 is 15.4 Å². The highest BCUT2D eigenvalue weighted by molar-refractivity contribution is 5.96. The van der Waals surface area contributed by atoms with Crippen LogP contribution in [0.5, 0.6) is 5.75 Å². The van der Waals surface area contributed by atoms with Crippen molar-refractivity contribution in [1.29, 1.82) is 5.41 Å². The van der Waals surface area contributed by atoms with Gasteiger partial charge in [0.15, 0.2) is 0 Å². The number of aryl methyl sites for hydroxylation is 2. The first-order valence-corrected chi connectivity index (χ1v) is 10.3. The fourth-order valence-corrected chi connectivity index (χ4v) is 3.08. The molecule has 2 aromatic rings. The molecule has 0 atom stereocenters. The van der Waals surface area contributed by atoms with E-state index < -0.39 is 5.97 Å². The predicted molar refractivity (Wildman–Crippen MR) is 125 cm³/mol. The number of nitrogen functional groups attached to an aromatic ring is 1. The van der Waals surface area contributed by atoms with Crippen LogP contribution in [0.4, 0.5) is 5.69 Å². The van der Waals surface area contributed by atoms with Gasteiger partial charge in [0.25, 0.3) is 0 Å². The number of carboxylic acid groups (broad SMARTS) is 1. The molecule has 0 saturated heterocycles. The van der Waals surface area contributed by atoms with E-state index in [-0.39, 0.29) is 37.2 Å². The number of aliphatic carboxylic acids is 1. The molecule has 0 aliphatic rings. The molecule has 0 unspecified atom stereocenters. The van der Waals surface area contributed by atoms with E-state index in [0.29, 0.717) is 17.0 Å². The number of amides is 1. The van der Waals surface area contributed by atoms with Crippen molar-refractivity contribution >= 4 is 23.4 Å². The lowest BCUT2D eigenvalue weighted by Gasteiger charge is -2.26. The number of carbonyl (C=O) groups is 2. The Hall–Kier alpha value is -3.79. The average molecular weight is 436 g/mol. The van der Waals surface area contributed by atoms with Gasteiger partial charge in [0.1, 0.15) is 18.2 Å². The van der Waals surface area contributed by atoms with Crippen molar-refractivity contribution in [2.45, 2.75) is 34.1 Å². The Bertz CT molecular complexity index is 1060. The Morgan fingerprint density at radius 1 is 1.16 bits per heavy atom. The van der Waals surface area contributed by atoms with Gasteiger partial charge < -0.3 is 20.5 Å². The van der Waals surface area contributed by atoms with Gasteiger partial charge >= 0.3 is 5.97 Å². The van der Waals surface area contributed by atoms with Crippen LogP contribution in [0, 0.1) is 37.0 Å². The smallest absolute Gasteiger partial charge is 0.305 e. The fourth-order valence-electron chi connectivity index (χ4n) is 3.08. The molecule has 2 rings (SSSR count). The van der Waals surface area contributed by atoms with E-state index in [9.17, 15) is 9.59 Å². The van der Waals surface area contributed by atoms with Gasteiger partial charge in [-0.15, -0.1) is 0 Å². The van der Waals surface area contributed by atoms with Crippen molar-refractivity contribution in [2.75, 3.05) is 18.1 Å². The summed E-state index contributed by atoms with van der Waals surface area (Å²) in [6.07, 6.45) is -0.122. The zero-order valence-corrected chi connectivity index (χ0v) is 18.9. The van der Waals surface area contributed by atoms with Crippen LogP contribution in [0.2, 0.25) is 0 Å². The van der Waals surface area contributed by atoms with Gasteiger partial charge in [0, 0.05) is 29.3 Å². The van der Waals surface area contributed by atoms with Gasteiger partial charge in [-0.1, -0.05) is 25.7 Å². The maximum atomic E-state index is 12.7. The van der Waals surface area contributed by atoms with E-state index in [0.717, 1.165) is 16.7 Å². The molecule has 168 valence electrons. The largest absolute Gasteiger partial charge is 0.481 e. The number of nitrogens with one attached hydrogen (secondary N) is 1. The minimum absolute atomic E-state index is 0.00209. The normalized spacial score (nSPS) is 10.3. The molecule has 0 fully saturated rings. The number of ether oxygens (including phenoxy) is 1. The molecule has 1 amide bonds. The van der Waals surface area contributed by atoms with E-state index >= 15 is 0 Å². The topological polar surface area (TPSA) is 117 Å². The number of hydrogen-bond acceptors (Lipinski definition) is 4. The Morgan fingerprint density at radius 2 is 1.81 bits per heavy atom. The fraction of sp³-hybridized carbons (Fsp3) is 0.320. The van der Waals surface area contributed by atoms with E-state index in [1.54, 1.807) is 43.0 Å². The average Bonchev–Trinajstić information content (AvgIpc) is 2.73. The second-order valence-electron chi connectivity index (χ2n) is 7.77. The number of amidine groups is 1. The maximum Gasteiger partial charge on any atom is 0.305 e. The molecule has 0 heterocycles. The summed E-state index contributed by atoms with van der Waals surface area (Å²) in [5.74, 6) is 5.41. The lowest BCUT2D eigenvalue weighted by Crippen LogP contribution is -2.36. The molecule has 7 nitrogen and oxygen atoms in total. The summed E-state index contributed by atoms with van der Waals surface area (Å²) < 4.78 is 5.61. The number of nitrogens with zero attached hydrogens (tertiary/aromatic N) is 1. The SMILES string of the molecule is Cc1cc(N(CCC(=O)O)C(=O)C(C)C)c(C)cc1C#CCOc1ccc(C(=N)N)cc1. The highest BCUT2D eigenvalue weighted by Gasteiger charge is 2.22. The molecule has 0 spiro atoms. The van der Waals surface area contributed by atoms with E-state index in [4.69, 9.17) is 21.0 Å². The Balaban J connectivity index is 2.16. The highest BCUT2D eigenvalue weighted by Crippen LogP contribution is 2.26. The molecule has 0 aliphatic heterocycles. The van der Waals surface area contributed by atoms with Crippen LogP contribution in [-0.4, -0.2) is 36.0 Å². The Morgan fingerprint density at radius 3 is 2.38 bits per heavy atom. The van der Waals surface area contributed by atoms with Crippen molar-refractivity contribution in [3.63, 3.8) is 0 Å². The van der Waals surface area contributed by atoms with Gasteiger partial charge in [-0.3, -0.25) is 15.0 Å². The van der Waals surface area contributed by atoms with Crippen LogP contribution in [0.25, 0.3) is 0 Å². The second kappa shape index (κ2) is 11.0. The summed E-state index contributed by atoms with van der Waals surface area (Å²) in [7, 11) is 0. The third-order valence-corrected chi connectivity index (χ3v) is 4.84. The van der Waals surface area contributed by atoms with Crippen LogP contribution in [0.1, 0.15) is 42.5 Å². The molecule has 0 radical (unpaired) electrons. The molecule has 32 heavy (non-hydrogen) atoms. The number of carboxylic acids is 1. The minimum atomic E-state index is -0.945. The number of carbonyl (C=O) groups excluding carboxylic acids is 1. The molecule has 2 aromatic carbocycles. The third kappa shape index (κ3) is 6.61. The summed E-state index contributed by atoms with van der Waals surface area (Å²) in [6, 6.07) is 10.7. The number of benzene rings is 2. The quantitative estimate of drug-likeness (QED) is 0.333. The van der Waals surface area contributed by atoms with Gasteiger partial charge in [-0.25, -0.2) is 0 Å². The Kier molecular flexibility index (Phi) is 8.42. The monoisotopic (exact) mass is 435 g/mol. The van der Waals surface area contributed by atoms with Crippen molar-refractivity contribution in [3.8, 4) is 17.6 Å². The molecular formula is C25H29N3O4. The van der Waals surface area contributed by atoms with E-state index in [2.05, 4.69) is 11.8 Å². The van der Waals surface area contributed by atoms with Gasteiger partial charge in [-0.2, -0.15) is 0 Å². The van der Waals surface area contributed by atoms with Gasteiger partial charge in [-0.05, 0) is 61.4 Å². The summed E-state index contributed by atoms with van der Waals surface area (Å²) in [6.45, 7) is 7.69. The molecule has 4 N–H and O–H groups in total. The number of rotatable bonds is 8. The molecule has 0 aromatic heterocycles.